The second-order valence-corrected chi connectivity index (χ2v) is 4.69. The molecule has 3 heterocycles. The molecule has 2 bridgehead atoms. The molecule has 0 aromatic carbocycles. The van der Waals surface area contributed by atoms with Crippen LogP contribution in [-0.2, 0) is 9.59 Å². The highest BCUT2D eigenvalue weighted by Crippen LogP contribution is 2.39. The van der Waals surface area contributed by atoms with Crippen molar-refractivity contribution in [3.8, 4) is 0 Å². The zero-order valence-corrected chi connectivity index (χ0v) is 8.98. The van der Waals surface area contributed by atoms with E-state index in [4.69, 9.17) is 5.11 Å². The summed E-state index contributed by atoms with van der Waals surface area (Å²) in [5, 5.41) is 8.86. The standard InChI is InChI=1S/C11H17NO3/c1-7(13)11-9(6-10(14)15)8-2-4-12(11)5-3-8/h8-9,11H,2-6H2,1H3,(H,14,15). The van der Waals surface area contributed by atoms with Crippen molar-refractivity contribution in [3.05, 3.63) is 0 Å². The summed E-state index contributed by atoms with van der Waals surface area (Å²) >= 11 is 0. The van der Waals surface area contributed by atoms with Gasteiger partial charge in [0.05, 0.1) is 12.5 Å². The first-order valence-corrected chi connectivity index (χ1v) is 5.56. The molecule has 0 aromatic rings. The number of carboxylic acid groups (broad SMARTS) is 1. The Morgan fingerprint density at radius 1 is 1.33 bits per heavy atom. The molecule has 2 unspecified atom stereocenters. The van der Waals surface area contributed by atoms with Crippen molar-refractivity contribution in [2.45, 2.75) is 32.2 Å². The van der Waals surface area contributed by atoms with Gasteiger partial charge in [0.25, 0.3) is 0 Å². The predicted octanol–water partition coefficient (Wildman–Crippen LogP) is 0.760. The number of hydrogen-bond acceptors (Lipinski definition) is 3. The maximum atomic E-state index is 11.5. The summed E-state index contributed by atoms with van der Waals surface area (Å²) in [6, 6.07) is -0.131. The Bertz CT molecular complexity index is 282. The minimum Gasteiger partial charge on any atom is -0.481 e. The molecule has 3 saturated heterocycles. The predicted molar refractivity (Wildman–Crippen MR) is 54.5 cm³/mol. The van der Waals surface area contributed by atoms with Gasteiger partial charge in [0, 0.05) is 0 Å². The van der Waals surface area contributed by atoms with Gasteiger partial charge in [0.1, 0.15) is 5.78 Å². The number of hydrogen-bond donors (Lipinski definition) is 1. The van der Waals surface area contributed by atoms with Crippen molar-refractivity contribution in [2.24, 2.45) is 11.8 Å². The normalized spacial score (nSPS) is 39.0. The quantitative estimate of drug-likeness (QED) is 0.748. The topological polar surface area (TPSA) is 57.6 Å². The van der Waals surface area contributed by atoms with Gasteiger partial charge in [-0.25, -0.2) is 0 Å². The van der Waals surface area contributed by atoms with Crippen LogP contribution in [0.25, 0.3) is 0 Å². The Kier molecular flexibility index (Phi) is 2.78. The monoisotopic (exact) mass is 211 g/mol. The molecule has 4 heteroatoms. The number of rotatable bonds is 3. The van der Waals surface area contributed by atoms with E-state index in [-0.39, 0.29) is 24.2 Å². The molecule has 4 nitrogen and oxygen atoms in total. The molecule has 1 N–H and O–H groups in total. The average Bonchev–Trinajstić information content (AvgIpc) is 2.17. The Labute approximate surface area is 89.3 Å². The number of piperidine rings is 3. The molecular weight excluding hydrogens is 194 g/mol. The highest BCUT2D eigenvalue weighted by molar-refractivity contribution is 5.83. The van der Waals surface area contributed by atoms with E-state index in [2.05, 4.69) is 4.90 Å². The van der Waals surface area contributed by atoms with Gasteiger partial charge in [-0.15, -0.1) is 0 Å². The number of carboxylic acids is 1. The van der Waals surface area contributed by atoms with E-state index in [1.807, 2.05) is 0 Å². The zero-order valence-electron chi connectivity index (χ0n) is 8.98. The van der Waals surface area contributed by atoms with Gasteiger partial charge >= 0.3 is 5.97 Å². The van der Waals surface area contributed by atoms with Crippen LogP contribution in [0.1, 0.15) is 26.2 Å². The van der Waals surface area contributed by atoms with Crippen LogP contribution in [0, 0.1) is 11.8 Å². The molecule has 3 rings (SSSR count). The average molecular weight is 211 g/mol. The summed E-state index contributed by atoms with van der Waals surface area (Å²) < 4.78 is 0. The van der Waals surface area contributed by atoms with Crippen molar-refractivity contribution in [2.75, 3.05) is 13.1 Å². The van der Waals surface area contributed by atoms with Crippen LogP contribution in [0.15, 0.2) is 0 Å². The van der Waals surface area contributed by atoms with Gasteiger partial charge in [-0.2, -0.15) is 0 Å². The summed E-state index contributed by atoms with van der Waals surface area (Å²) in [5.41, 5.74) is 0. The minimum absolute atomic E-state index is 0.0440. The molecule has 15 heavy (non-hydrogen) atoms. The minimum atomic E-state index is -0.778. The summed E-state index contributed by atoms with van der Waals surface area (Å²) in [4.78, 5) is 24.5. The van der Waals surface area contributed by atoms with Gasteiger partial charge < -0.3 is 5.11 Å². The summed E-state index contributed by atoms with van der Waals surface area (Å²) in [6.07, 6.45) is 2.26. The first-order chi connectivity index (χ1) is 7.09. The summed E-state index contributed by atoms with van der Waals surface area (Å²) in [6.45, 7) is 3.51. The van der Waals surface area contributed by atoms with E-state index in [9.17, 15) is 9.59 Å². The van der Waals surface area contributed by atoms with Gasteiger partial charge in [0.15, 0.2) is 0 Å². The molecule has 2 atom stereocenters. The lowest BCUT2D eigenvalue weighted by atomic mass is 9.71. The Morgan fingerprint density at radius 2 is 1.93 bits per heavy atom. The second kappa shape index (κ2) is 3.93. The van der Waals surface area contributed by atoms with Crippen LogP contribution in [0.3, 0.4) is 0 Å². The van der Waals surface area contributed by atoms with E-state index < -0.39 is 5.97 Å². The van der Waals surface area contributed by atoms with Crippen LogP contribution >= 0.6 is 0 Å². The van der Waals surface area contributed by atoms with E-state index >= 15 is 0 Å². The lowest BCUT2D eigenvalue weighted by Gasteiger charge is -2.49. The number of nitrogens with zero attached hydrogens (tertiary/aromatic N) is 1. The van der Waals surface area contributed by atoms with E-state index in [1.54, 1.807) is 6.92 Å². The molecule has 0 saturated carbocycles. The third-order valence-electron chi connectivity index (χ3n) is 3.81. The first kappa shape index (κ1) is 10.6. The molecule has 84 valence electrons. The smallest absolute Gasteiger partial charge is 0.303 e. The Morgan fingerprint density at radius 3 is 2.40 bits per heavy atom. The molecule has 3 aliphatic heterocycles. The first-order valence-electron chi connectivity index (χ1n) is 5.56. The fourth-order valence-corrected chi connectivity index (χ4v) is 3.19. The Hall–Kier alpha value is -0.900. The summed E-state index contributed by atoms with van der Waals surface area (Å²) in [5.74, 6) is -0.159. The third kappa shape index (κ3) is 1.91. The molecule has 0 spiro atoms. The van der Waals surface area contributed by atoms with Gasteiger partial charge in [-0.05, 0) is 44.7 Å². The highest BCUT2D eigenvalue weighted by atomic mass is 16.4. The molecule has 0 aliphatic carbocycles. The number of carbonyl (C=O) groups excluding carboxylic acids is 1. The fourth-order valence-electron chi connectivity index (χ4n) is 3.19. The molecular formula is C11H17NO3. The fraction of sp³-hybridized carbons (Fsp3) is 0.818. The maximum Gasteiger partial charge on any atom is 0.303 e. The molecule has 3 aliphatic rings. The van der Waals surface area contributed by atoms with E-state index in [1.165, 1.54) is 0 Å². The largest absolute Gasteiger partial charge is 0.481 e. The van der Waals surface area contributed by atoms with Gasteiger partial charge in [-0.3, -0.25) is 14.5 Å². The van der Waals surface area contributed by atoms with Crippen molar-refractivity contribution < 1.29 is 14.7 Å². The van der Waals surface area contributed by atoms with Gasteiger partial charge in [-0.1, -0.05) is 0 Å². The molecule has 0 amide bonds. The SMILES string of the molecule is CC(=O)C1C(CC(=O)O)C2CCN1CC2. The van der Waals surface area contributed by atoms with Crippen LogP contribution in [0.2, 0.25) is 0 Å². The van der Waals surface area contributed by atoms with Crippen LogP contribution in [0.4, 0.5) is 0 Å². The van der Waals surface area contributed by atoms with Crippen LogP contribution < -0.4 is 0 Å². The van der Waals surface area contributed by atoms with Crippen molar-refractivity contribution in [1.29, 1.82) is 0 Å². The maximum absolute atomic E-state index is 11.5. The van der Waals surface area contributed by atoms with Crippen molar-refractivity contribution in [1.82, 2.24) is 4.90 Å². The number of carbonyl (C=O) groups is 2. The molecule has 3 fully saturated rings. The van der Waals surface area contributed by atoms with Crippen molar-refractivity contribution in [3.63, 3.8) is 0 Å². The third-order valence-corrected chi connectivity index (χ3v) is 3.81. The van der Waals surface area contributed by atoms with E-state index in [0.29, 0.717) is 5.92 Å². The van der Waals surface area contributed by atoms with Crippen molar-refractivity contribution >= 4 is 11.8 Å². The number of ketones is 1. The van der Waals surface area contributed by atoms with Crippen LogP contribution in [-0.4, -0.2) is 40.9 Å². The summed E-state index contributed by atoms with van der Waals surface area (Å²) in [7, 11) is 0. The molecule has 0 radical (unpaired) electrons. The second-order valence-electron chi connectivity index (χ2n) is 4.69. The number of Topliss-reactive ketones (excluding diaryl/α,β-unsaturated/α-hetero) is 1. The zero-order chi connectivity index (χ0) is 11.0. The van der Waals surface area contributed by atoms with Crippen LogP contribution in [0.5, 0.6) is 0 Å². The lowest BCUT2D eigenvalue weighted by molar-refractivity contribution is -0.143. The molecule has 0 aromatic heterocycles. The van der Waals surface area contributed by atoms with E-state index in [0.717, 1.165) is 25.9 Å². The lowest BCUT2D eigenvalue weighted by Crippen LogP contribution is -2.57. The highest BCUT2D eigenvalue weighted by Gasteiger charge is 2.44. The Balaban J connectivity index is 2.17. The van der Waals surface area contributed by atoms with Gasteiger partial charge in [0.2, 0.25) is 0 Å². The number of aliphatic carboxylic acids is 1. The number of fused-ring (bicyclic) bond motifs is 3.